The molecular formula is C13H11BrF2N2O2. The van der Waals surface area contributed by atoms with Crippen LogP contribution in [0, 0.1) is 11.6 Å². The van der Waals surface area contributed by atoms with E-state index in [1.54, 1.807) is 19.1 Å². The van der Waals surface area contributed by atoms with Crippen LogP contribution in [0.2, 0.25) is 0 Å². The molecule has 0 bridgehead atoms. The number of rotatable bonds is 4. The van der Waals surface area contributed by atoms with Crippen molar-refractivity contribution in [2.45, 2.75) is 13.0 Å². The third-order valence-electron chi connectivity index (χ3n) is 2.71. The molecular weight excluding hydrogens is 334 g/mol. The minimum absolute atomic E-state index is 0.0276. The predicted octanol–water partition coefficient (Wildman–Crippen LogP) is 3.59. The van der Waals surface area contributed by atoms with E-state index in [9.17, 15) is 13.6 Å². The van der Waals surface area contributed by atoms with Crippen molar-refractivity contribution in [1.82, 2.24) is 0 Å². The Kier molecular flexibility index (Phi) is 4.08. The molecule has 1 amide bonds. The molecule has 3 N–H and O–H groups in total. The molecule has 2 aromatic rings. The first kappa shape index (κ1) is 14.5. The van der Waals surface area contributed by atoms with Crippen LogP contribution in [-0.2, 0) is 0 Å². The number of amides is 1. The molecule has 1 aromatic carbocycles. The van der Waals surface area contributed by atoms with Crippen molar-refractivity contribution in [3.63, 3.8) is 0 Å². The smallest absolute Gasteiger partial charge is 0.251 e. The van der Waals surface area contributed by atoms with Gasteiger partial charge in [-0.25, -0.2) is 8.78 Å². The number of benzene rings is 1. The van der Waals surface area contributed by atoms with Gasteiger partial charge in [-0.15, -0.1) is 0 Å². The first-order chi connectivity index (χ1) is 9.38. The molecule has 0 aliphatic rings. The second-order valence-electron chi connectivity index (χ2n) is 4.18. The number of carbonyl (C=O) groups excluding carboxylic acids is 1. The molecule has 7 heteroatoms. The predicted molar refractivity (Wildman–Crippen MR) is 73.3 cm³/mol. The molecule has 106 valence electrons. The van der Waals surface area contributed by atoms with Gasteiger partial charge in [0.1, 0.15) is 17.4 Å². The maximum Gasteiger partial charge on any atom is 0.251 e. The SMILES string of the molecule is CC(Nc1cc(C(N)=O)c(F)cc1F)c1ccc(Br)o1. The summed E-state index contributed by atoms with van der Waals surface area (Å²) in [5.74, 6) is -2.21. The van der Waals surface area contributed by atoms with Gasteiger partial charge in [0.05, 0.1) is 17.3 Å². The fourth-order valence-corrected chi connectivity index (χ4v) is 2.03. The highest BCUT2D eigenvalue weighted by molar-refractivity contribution is 9.10. The summed E-state index contributed by atoms with van der Waals surface area (Å²) in [5.41, 5.74) is 4.62. The van der Waals surface area contributed by atoms with Gasteiger partial charge in [-0.1, -0.05) is 0 Å². The fourth-order valence-electron chi connectivity index (χ4n) is 1.71. The van der Waals surface area contributed by atoms with Crippen LogP contribution >= 0.6 is 15.9 Å². The number of nitrogens with one attached hydrogen (secondary N) is 1. The summed E-state index contributed by atoms with van der Waals surface area (Å²) in [6, 6.07) is 4.69. The number of furan rings is 1. The van der Waals surface area contributed by atoms with Gasteiger partial charge in [-0.3, -0.25) is 4.79 Å². The Labute approximate surface area is 122 Å². The van der Waals surface area contributed by atoms with Crippen molar-refractivity contribution in [2.24, 2.45) is 5.73 Å². The van der Waals surface area contributed by atoms with Crippen LogP contribution < -0.4 is 11.1 Å². The molecule has 2 rings (SSSR count). The number of nitrogens with two attached hydrogens (primary N) is 1. The topological polar surface area (TPSA) is 68.3 Å². The summed E-state index contributed by atoms with van der Waals surface area (Å²) in [4.78, 5) is 11.1. The minimum atomic E-state index is -0.992. The Morgan fingerprint density at radius 3 is 2.60 bits per heavy atom. The van der Waals surface area contributed by atoms with E-state index in [0.717, 1.165) is 6.07 Å². The lowest BCUT2D eigenvalue weighted by Gasteiger charge is -2.14. The van der Waals surface area contributed by atoms with E-state index in [1.807, 2.05) is 0 Å². The van der Waals surface area contributed by atoms with Crippen molar-refractivity contribution in [3.8, 4) is 0 Å². The highest BCUT2D eigenvalue weighted by Gasteiger charge is 2.17. The van der Waals surface area contributed by atoms with Gasteiger partial charge in [-0.05, 0) is 41.1 Å². The van der Waals surface area contributed by atoms with Gasteiger partial charge >= 0.3 is 0 Å². The van der Waals surface area contributed by atoms with Crippen molar-refractivity contribution in [2.75, 3.05) is 5.32 Å². The summed E-state index contributed by atoms with van der Waals surface area (Å²) < 4.78 is 32.9. The van der Waals surface area contributed by atoms with E-state index in [4.69, 9.17) is 10.2 Å². The lowest BCUT2D eigenvalue weighted by Crippen LogP contribution is -2.15. The number of anilines is 1. The molecule has 0 radical (unpaired) electrons. The van der Waals surface area contributed by atoms with Crippen LogP contribution in [0.1, 0.15) is 29.1 Å². The quantitative estimate of drug-likeness (QED) is 0.890. The van der Waals surface area contributed by atoms with Gasteiger partial charge < -0.3 is 15.5 Å². The maximum absolute atomic E-state index is 13.7. The Morgan fingerprint density at radius 2 is 2.05 bits per heavy atom. The number of hydrogen-bond donors (Lipinski definition) is 2. The number of primary amides is 1. The zero-order valence-corrected chi connectivity index (χ0v) is 12.0. The lowest BCUT2D eigenvalue weighted by molar-refractivity contribution is 0.0996. The number of carbonyl (C=O) groups is 1. The van der Waals surface area contributed by atoms with E-state index in [0.29, 0.717) is 16.5 Å². The highest BCUT2D eigenvalue weighted by atomic mass is 79.9. The van der Waals surface area contributed by atoms with Gasteiger partial charge in [0.25, 0.3) is 5.91 Å². The van der Waals surface area contributed by atoms with E-state index >= 15 is 0 Å². The van der Waals surface area contributed by atoms with Gasteiger partial charge in [0.2, 0.25) is 0 Å². The maximum atomic E-state index is 13.7. The number of halogens is 3. The third-order valence-corrected chi connectivity index (χ3v) is 3.14. The van der Waals surface area contributed by atoms with E-state index in [1.165, 1.54) is 0 Å². The first-order valence-corrected chi connectivity index (χ1v) is 6.48. The lowest BCUT2D eigenvalue weighted by atomic mass is 10.1. The normalized spacial score (nSPS) is 12.2. The molecule has 1 unspecified atom stereocenters. The van der Waals surface area contributed by atoms with Crippen LogP contribution in [0.3, 0.4) is 0 Å². The Morgan fingerprint density at radius 1 is 1.35 bits per heavy atom. The molecule has 20 heavy (non-hydrogen) atoms. The van der Waals surface area contributed by atoms with E-state index in [2.05, 4.69) is 21.2 Å². The van der Waals surface area contributed by atoms with Crippen molar-refractivity contribution < 1.29 is 18.0 Å². The zero-order valence-electron chi connectivity index (χ0n) is 10.4. The second-order valence-corrected chi connectivity index (χ2v) is 4.97. The van der Waals surface area contributed by atoms with Gasteiger partial charge in [0.15, 0.2) is 4.67 Å². The highest BCUT2D eigenvalue weighted by Crippen LogP contribution is 2.26. The fraction of sp³-hybridized carbons (Fsp3) is 0.154. The van der Waals surface area contributed by atoms with Crippen LogP contribution in [0.15, 0.2) is 33.4 Å². The summed E-state index contributed by atoms with van der Waals surface area (Å²) in [6.45, 7) is 1.73. The summed E-state index contributed by atoms with van der Waals surface area (Å²) in [5, 5.41) is 2.80. The van der Waals surface area contributed by atoms with Crippen LogP contribution in [0.5, 0.6) is 0 Å². The molecule has 1 aromatic heterocycles. The Bertz CT molecular complexity index is 658. The molecule has 0 saturated carbocycles. The number of hydrogen-bond acceptors (Lipinski definition) is 3. The molecule has 1 heterocycles. The van der Waals surface area contributed by atoms with Gasteiger partial charge in [-0.2, -0.15) is 0 Å². The van der Waals surface area contributed by atoms with Crippen molar-refractivity contribution in [1.29, 1.82) is 0 Å². The van der Waals surface area contributed by atoms with Crippen LogP contribution in [-0.4, -0.2) is 5.91 Å². The molecule has 0 spiro atoms. The third kappa shape index (κ3) is 2.98. The Balaban J connectivity index is 2.29. The van der Waals surface area contributed by atoms with Gasteiger partial charge in [0, 0.05) is 6.07 Å². The average molecular weight is 345 g/mol. The van der Waals surface area contributed by atoms with E-state index in [-0.39, 0.29) is 17.3 Å². The molecule has 0 aliphatic heterocycles. The summed E-state index contributed by atoms with van der Waals surface area (Å²) in [7, 11) is 0. The molecule has 1 atom stereocenters. The first-order valence-electron chi connectivity index (χ1n) is 5.69. The monoisotopic (exact) mass is 344 g/mol. The molecule has 0 saturated heterocycles. The summed E-state index contributed by atoms with van der Waals surface area (Å²) >= 11 is 3.16. The largest absolute Gasteiger partial charge is 0.452 e. The average Bonchev–Trinajstić information content (AvgIpc) is 2.79. The van der Waals surface area contributed by atoms with Crippen LogP contribution in [0.25, 0.3) is 0 Å². The Hall–Kier alpha value is -1.89. The molecule has 4 nitrogen and oxygen atoms in total. The molecule has 0 aliphatic carbocycles. The van der Waals surface area contributed by atoms with Crippen LogP contribution in [0.4, 0.5) is 14.5 Å². The minimum Gasteiger partial charge on any atom is -0.452 e. The second kappa shape index (κ2) is 5.62. The standard InChI is InChI=1S/C13H11BrF2N2O2/c1-6(11-2-3-12(14)20-11)18-10-4-7(13(17)19)8(15)5-9(10)16/h2-6,18H,1H3,(H2,17,19). The zero-order chi connectivity index (χ0) is 14.9. The van der Waals surface area contributed by atoms with Crippen molar-refractivity contribution in [3.05, 3.63) is 51.9 Å². The van der Waals surface area contributed by atoms with Crippen molar-refractivity contribution >= 4 is 27.5 Å². The van der Waals surface area contributed by atoms with E-state index < -0.39 is 17.5 Å². The molecule has 0 fully saturated rings. The summed E-state index contributed by atoms with van der Waals surface area (Å²) in [6.07, 6.45) is 0.